The van der Waals surface area contributed by atoms with Gasteiger partial charge in [-0.25, -0.2) is 9.59 Å². The molecule has 0 aromatic carbocycles. The van der Waals surface area contributed by atoms with Crippen molar-refractivity contribution >= 4 is 18.0 Å². The number of imide groups is 1. The van der Waals surface area contributed by atoms with E-state index in [1.54, 1.807) is 27.7 Å². The van der Waals surface area contributed by atoms with E-state index in [-0.39, 0.29) is 18.0 Å². The van der Waals surface area contributed by atoms with Crippen molar-refractivity contribution in [2.75, 3.05) is 32.7 Å². The third-order valence-corrected chi connectivity index (χ3v) is 5.12. The lowest BCUT2D eigenvalue weighted by Gasteiger charge is -2.27. The smallest absolute Gasteiger partial charge is 0.325 e. The number of rotatable bonds is 9. The first-order valence-electron chi connectivity index (χ1n) is 9.56. The molecule has 2 aliphatic heterocycles. The van der Waals surface area contributed by atoms with Gasteiger partial charge in [-0.05, 0) is 40.5 Å². The van der Waals surface area contributed by atoms with Crippen molar-refractivity contribution in [1.82, 2.24) is 25.3 Å². The number of aliphatic hydroxyl groups is 1. The van der Waals surface area contributed by atoms with Crippen LogP contribution in [0.15, 0.2) is 0 Å². The average Bonchev–Trinajstić information content (AvgIpc) is 2.90. The fraction of sp³-hybridized carbons (Fsp3) is 0.737. The molecule has 5 amide bonds. The zero-order chi connectivity index (χ0) is 21.1. The van der Waals surface area contributed by atoms with Crippen LogP contribution in [0.25, 0.3) is 0 Å². The van der Waals surface area contributed by atoms with Crippen molar-refractivity contribution in [3.8, 4) is 12.3 Å². The first-order valence-corrected chi connectivity index (χ1v) is 9.56. The summed E-state index contributed by atoms with van der Waals surface area (Å²) in [5.41, 5.74) is -1.54. The zero-order valence-corrected chi connectivity index (χ0v) is 17.1. The van der Waals surface area contributed by atoms with Crippen molar-refractivity contribution < 1.29 is 19.5 Å². The predicted molar refractivity (Wildman–Crippen MR) is 104 cm³/mol. The van der Waals surface area contributed by atoms with Crippen molar-refractivity contribution in [2.24, 2.45) is 0 Å². The van der Waals surface area contributed by atoms with Gasteiger partial charge in [-0.2, -0.15) is 0 Å². The van der Waals surface area contributed by atoms with Gasteiger partial charge in [-0.15, -0.1) is 6.42 Å². The van der Waals surface area contributed by atoms with Gasteiger partial charge in [-0.3, -0.25) is 19.5 Å². The van der Waals surface area contributed by atoms with Crippen LogP contribution in [0.2, 0.25) is 0 Å². The van der Waals surface area contributed by atoms with Crippen LogP contribution in [0, 0.1) is 12.3 Å². The van der Waals surface area contributed by atoms with E-state index in [1.165, 1.54) is 9.80 Å². The Hall–Kier alpha value is -2.31. The Morgan fingerprint density at radius 2 is 1.68 bits per heavy atom. The van der Waals surface area contributed by atoms with Crippen LogP contribution in [-0.4, -0.2) is 87.8 Å². The number of hydrogen-bond acceptors (Lipinski definition) is 5. The van der Waals surface area contributed by atoms with Crippen LogP contribution in [0.3, 0.4) is 0 Å². The highest BCUT2D eigenvalue weighted by Gasteiger charge is 2.44. The van der Waals surface area contributed by atoms with Gasteiger partial charge in [-0.1, -0.05) is 5.92 Å². The van der Waals surface area contributed by atoms with Gasteiger partial charge in [0.25, 0.3) is 5.91 Å². The van der Waals surface area contributed by atoms with Crippen LogP contribution in [0.4, 0.5) is 9.59 Å². The van der Waals surface area contributed by atoms with E-state index < -0.39 is 17.3 Å². The SMILES string of the molecule is C#CCN(CCCN1C(=O)NC(C)(C)C1=O)CCCN1C(=O)NC(C)(C)C1O. The molecule has 0 aromatic heterocycles. The number of terminal acetylenes is 1. The average molecular weight is 393 g/mol. The number of carbonyl (C=O) groups is 3. The monoisotopic (exact) mass is 393 g/mol. The Balaban J connectivity index is 1.78. The number of amides is 5. The Kier molecular flexibility index (Phi) is 6.57. The number of nitrogens with one attached hydrogen (secondary N) is 2. The minimum absolute atomic E-state index is 0.224. The van der Waals surface area contributed by atoms with Gasteiger partial charge in [0.05, 0.1) is 12.1 Å². The molecule has 2 rings (SSSR count). The van der Waals surface area contributed by atoms with Crippen LogP contribution >= 0.6 is 0 Å². The van der Waals surface area contributed by atoms with Crippen LogP contribution < -0.4 is 10.6 Å². The van der Waals surface area contributed by atoms with E-state index >= 15 is 0 Å². The summed E-state index contributed by atoms with van der Waals surface area (Å²) in [5.74, 6) is 2.39. The lowest BCUT2D eigenvalue weighted by Crippen LogP contribution is -2.44. The summed E-state index contributed by atoms with van der Waals surface area (Å²) < 4.78 is 0. The van der Waals surface area contributed by atoms with E-state index in [0.717, 1.165) is 0 Å². The topological polar surface area (TPSA) is 105 Å². The molecule has 156 valence electrons. The minimum Gasteiger partial charge on any atom is -0.371 e. The summed E-state index contributed by atoms with van der Waals surface area (Å²) in [5, 5.41) is 15.6. The molecule has 0 spiro atoms. The molecule has 1 unspecified atom stereocenters. The molecule has 2 fully saturated rings. The molecule has 9 heteroatoms. The fourth-order valence-corrected chi connectivity index (χ4v) is 3.47. The fourth-order valence-electron chi connectivity index (χ4n) is 3.47. The first-order chi connectivity index (χ1) is 13.0. The molecule has 0 aromatic rings. The second-order valence-corrected chi connectivity index (χ2v) is 8.42. The summed E-state index contributed by atoms with van der Waals surface area (Å²) in [7, 11) is 0. The first kappa shape index (κ1) is 22.0. The number of carbonyl (C=O) groups excluding carboxylic acids is 3. The second-order valence-electron chi connectivity index (χ2n) is 8.42. The van der Waals surface area contributed by atoms with Crippen molar-refractivity contribution in [2.45, 2.75) is 57.8 Å². The van der Waals surface area contributed by atoms with E-state index in [4.69, 9.17) is 6.42 Å². The van der Waals surface area contributed by atoms with Crippen LogP contribution in [-0.2, 0) is 4.79 Å². The van der Waals surface area contributed by atoms with Gasteiger partial charge in [0.1, 0.15) is 5.54 Å². The third-order valence-electron chi connectivity index (χ3n) is 5.12. The Bertz CT molecular complexity index is 670. The highest BCUT2D eigenvalue weighted by atomic mass is 16.3. The maximum absolute atomic E-state index is 12.2. The van der Waals surface area contributed by atoms with E-state index in [1.807, 2.05) is 4.90 Å². The molecule has 2 saturated heterocycles. The van der Waals surface area contributed by atoms with Crippen molar-refractivity contribution in [1.29, 1.82) is 0 Å². The quantitative estimate of drug-likeness (QED) is 0.382. The minimum atomic E-state index is -0.871. The Morgan fingerprint density at radius 1 is 1.07 bits per heavy atom. The molecular weight excluding hydrogens is 362 g/mol. The number of aliphatic hydroxyl groups excluding tert-OH is 1. The third kappa shape index (κ3) is 4.75. The van der Waals surface area contributed by atoms with Gasteiger partial charge < -0.3 is 15.7 Å². The van der Waals surface area contributed by atoms with E-state index in [9.17, 15) is 19.5 Å². The maximum atomic E-state index is 12.2. The number of hydrogen-bond donors (Lipinski definition) is 3. The van der Waals surface area contributed by atoms with Crippen LogP contribution in [0.5, 0.6) is 0 Å². The lowest BCUT2D eigenvalue weighted by molar-refractivity contribution is -0.130. The zero-order valence-electron chi connectivity index (χ0n) is 17.1. The molecule has 28 heavy (non-hydrogen) atoms. The molecule has 0 bridgehead atoms. The summed E-state index contributed by atoms with van der Waals surface area (Å²) >= 11 is 0. The number of urea groups is 2. The predicted octanol–water partition coefficient (Wildman–Crippen LogP) is 0.154. The van der Waals surface area contributed by atoms with Gasteiger partial charge in [0.2, 0.25) is 0 Å². The molecule has 1 atom stereocenters. The largest absolute Gasteiger partial charge is 0.371 e. The molecule has 2 aliphatic rings. The Morgan fingerprint density at radius 3 is 2.14 bits per heavy atom. The summed E-state index contributed by atoms with van der Waals surface area (Å²) in [6, 6.07) is -0.641. The Labute approximate surface area is 166 Å². The molecule has 0 radical (unpaired) electrons. The standard InChI is InChI=1S/C19H31N5O4/c1-6-9-22(10-7-12-23-14(25)18(2,3)20-16(23)27)11-8-13-24-15(26)19(4,5)21-17(24)28/h1,14,25H,7-13H2,2-5H3,(H,20,27)(H,21,28). The second kappa shape index (κ2) is 8.37. The van der Waals surface area contributed by atoms with Gasteiger partial charge in [0, 0.05) is 26.2 Å². The lowest BCUT2D eigenvalue weighted by atomic mass is 10.1. The van der Waals surface area contributed by atoms with Gasteiger partial charge >= 0.3 is 12.1 Å². The van der Waals surface area contributed by atoms with E-state index in [0.29, 0.717) is 45.6 Å². The molecule has 0 saturated carbocycles. The van der Waals surface area contributed by atoms with Crippen LogP contribution in [0.1, 0.15) is 40.5 Å². The summed E-state index contributed by atoms with van der Waals surface area (Å²) in [6.07, 6.45) is 5.83. The van der Waals surface area contributed by atoms with Crippen molar-refractivity contribution in [3.05, 3.63) is 0 Å². The summed E-state index contributed by atoms with van der Waals surface area (Å²) in [6.45, 7) is 9.37. The molecule has 2 heterocycles. The molecule has 3 N–H and O–H groups in total. The normalized spacial score (nSPS) is 23.2. The van der Waals surface area contributed by atoms with E-state index in [2.05, 4.69) is 16.6 Å². The number of nitrogens with zero attached hydrogens (tertiary/aromatic N) is 3. The molecule has 9 nitrogen and oxygen atoms in total. The maximum Gasteiger partial charge on any atom is 0.325 e. The molecular formula is C19H31N5O4. The molecule has 0 aliphatic carbocycles. The highest BCUT2D eigenvalue weighted by molar-refractivity contribution is 6.06. The van der Waals surface area contributed by atoms with Crippen molar-refractivity contribution in [3.63, 3.8) is 0 Å². The van der Waals surface area contributed by atoms with Gasteiger partial charge in [0.15, 0.2) is 6.23 Å². The highest BCUT2D eigenvalue weighted by Crippen LogP contribution is 2.21. The summed E-state index contributed by atoms with van der Waals surface area (Å²) in [4.78, 5) is 40.8.